The van der Waals surface area contributed by atoms with E-state index in [-0.39, 0.29) is 11.8 Å². The Bertz CT molecular complexity index is 526. The number of hydrogen-bond acceptors (Lipinski definition) is 3. The highest BCUT2D eigenvalue weighted by atomic mass is 16.2. The van der Waals surface area contributed by atoms with Crippen LogP contribution in [0.4, 0.5) is 5.69 Å². The van der Waals surface area contributed by atoms with Gasteiger partial charge in [0.05, 0.1) is 11.3 Å². The fraction of sp³-hybridized carbons (Fsp3) is 0.467. The average Bonchev–Trinajstić information content (AvgIpc) is 2.43. The topological polar surface area (TPSA) is 84.2 Å². The van der Waals surface area contributed by atoms with Crippen LogP contribution in [-0.2, 0) is 11.2 Å². The number of rotatable bonds is 4. The van der Waals surface area contributed by atoms with Crippen LogP contribution in [0.2, 0.25) is 0 Å². The zero-order valence-electron chi connectivity index (χ0n) is 11.9. The van der Waals surface area contributed by atoms with Crippen molar-refractivity contribution in [2.24, 2.45) is 11.7 Å². The fourth-order valence-electron chi connectivity index (χ4n) is 2.48. The minimum atomic E-state index is -0.651. The molecule has 0 aromatic heterocycles. The second-order valence-corrected chi connectivity index (χ2v) is 5.47. The standard InChI is InChI=1S/C15H21N3O2/c1-9(2)12(14(16)19)18-15(20)11-7-3-5-10-6-4-8-17-13(10)11/h3,5,7,9,12,17H,4,6,8H2,1-2H3,(H2,16,19)(H,18,20). The average molecular weight is 275 g/mol. The number of carbonyl (C=O) groups excluding carboxylic acids is 2. The van der Waals surface area contributed by atoms with Crippen molar-refractivity contribution in [3.8, 4) is 0 Å². The summed E-state index contributed by atoms with van der Waals surface area (Å²) < 4.78 is 0. The van der Waals surface area contributed by atoms with E-state index in [1.807, 2.05) is 26.0 Å². The van der Waals surface area contributed by atoms with E-state index in [2.05, 4.69) is 10.6 Å². The Kier molecular flexibility index (Phi) is 4.27. The highest BCUT2D eigenvalue weighted by molar-refractivity contribution is 6.02. The lowest BCUT2D eigenvalue weighted by Crippen LogP contribution is -2.47. The minimum absolute atomic E-state index is 0.0380. The first-order chi connectivity index (χ1) is 9.50. The van der Waals surface area contributed by atoms with E-state index in [9.17, 15) is 9.59 Å². The first-order valence-electron chi connectivity index (χ1n) is 6.96. The Labute approximate surface area is 118 Å². The van der Waals surface area contributed by atoms with E-state index in [1.165, 1.54) is 0 Å². The van der Waals surface area contributed by atoms with E-state index in [0.717, 1.165) is 30.6 Å². The number of carbonyl (C=O) groups is 2. The molecular formula is C15H21N3O2. The highest BCUT2D eigenvalue weighted by Crippen LogP contribution is 2.26. The van der Waals surface area contributed by atoms with Crippen molar-refractivity contribution in [3.63, 3.8) is 0 Å². The molecule has 0 saturated heterocycles. The molecule has 0 saturated carbocycles. The summed E-state index contributed by atoms with van der Waals surface area (Å²) in [4.78, 5) is 23.8. The summed E-state index contributed by atoms with van der Waals surface area (Å²) in [5.41, 5.74) is 7.93. The van der Waals surface area contributed by atoms with Crippen molar-refractivity contribution >= 4 is 17.5 Å². The van der Waals surface area contributed by atoms with Gasteiger partial charge in [-0.2, -0.15) is 0 Å². The Morgan fingerprint density at radius 2 is 2.10 bits per heavy atom. The predicted molar refractivity (Wildman–Crippen MR) is 78.5 cm³/mol. The second kappa shape index (κ2) is 5.94. The Hall–Kier alpha value is -2.04. The summed E-state index contributed by atoms with van der Waals surface area (Å²) in [7, 11) is 0. The molecule has 1 aliphatic heterocycles. The number of para-hydroxylation sites is 1. The number of benzene rings is 1. The third kappa shape index (κ3) is 2.92. The molecule has 0 fully saturated rings. The molecule has 0 radical (unpaired) electrons. The van der Waals surface area contributed by atoms with Gasteiger partial charge in [-0.15, -0.1) is 0 Å². The number of fused-ring (bicyclic) bond motifs is 1. The van der Waals surface area contributed by atoms with Crippen LogP contribution in [0.3, 0.4) is 0 Å². The molecule has 1 aromatic carbocycles. The van der Waals surface area contributed by atoms with Crippen LogP contribution in [-0.4, -0.2) is 24.4 Å². The molecule has 5 nitrogen and oxygen atoms in total. The maximum Gasteiger partial charge on any atom is 0.254 e. The molecule has 0 bridgehead atoms. The van der Waals surface area contributed by atoms with Crippen molar-refractivity contribution in [1.29, 1.82) is 0 Å². The first-order valence-corrected chi connectivity index (χ1v) is 6.96. The van der Waals surface area contributed by atoms with Crippen molar-refractivity contribution in [3.05, 3.63) is 29.3 Å². The molecule has 5 heteroatoms. The maximum absolute atomic E-state index is 12.4. The van der Waals surface area contributed by atoms with Crippen LogP contribution < -0.4 is 16.4 Å². The smallest absolute Gasteiger partial charge is 0.254 e. The van der Waals surface area contributed by atoms with Gasteiger partial charge in [-0.3, -0.25) is 9.59 Å². The minimum Gasteiger partial charge on any atom is -0.384 e. The van der Waals surface area contributed by atoms with Gasteiger partial charge in [0.15, 0.2) is 0 Å². The largest absolute Gasteiger partial charge is 0.384 e. The Morgan fingerprint density at radius 1 is 1.35 bits per heavy atom. The SMILES string of the molecule is CC(C)C(NC(=O)c1cccc2c1NCCC2)C(N)=O. The van der Waals surface area contributed by atoms with Crippen molar-refractivity contribution in [1.82, 2.24) is 5.32 Å². The molecule has 0 aliphatic carbocycles. The number of nitrogens with two attached hydrogens (primary N) is 1. The number of primary amides is 1. The maximum atomic E-state index is 12.4. The molecular weight excluding hydrogens is 254 g/mol. The van der Waals surface area contributed by atoms with Gasteiger partial charge in [0.1, 0.15) is 6.04 Å². The molecule has 1 aliphatic rings. The number of nitrogens with one attached hydrogen (secondary N) is 2. The lowest BCUT2D eigenvalue weighted by Gasteiger charge is -2.23. The summed E-state index contributed by atoms with van der Waals surface area (Å²) >= 11 is 0. The van der Waals surface area contributed by atoms with Crippen molar-refractivity contribution in [2.75, 3.05) is 11.9 Å². The molecule has 20 heavy (non-hydrogen) atoms. The molecule has 108 valence electrons. The van der Waals surface area contributed by atoms with E-state index in [4.69, 9.17) is 5.73 Å². The fourth-order valence-corrected chi connectivity index (χ4v) is 2.48. The van der Waals surface area contributed by atoms with Crippen LogP contribution in [0, 0.1) is 5.92 Å². The molecule has 1 unspecified atom stereocenters. The summed E-state index contributed by atoms with van der Waals surface area (Å²) in [6.45, 7) is 4.57. The Balaban J connectivity index is 2.23. The normalized spacial score (nSPS) is 15.2. The van der Waals surface area contributed by atoms with E-state index < -0.39 is 11.9 Å². The Morgan fingerprint density at radius 3 is 2.75 bits per heavy atom. The van der Waals surface area contributed by atoms with Crippen molar-refractivity contribution < 1.29 is 9.59 Å². The van der Waals surface area contributed by atoms with Gasteiger partial charge < -0.3 is 16.4 Å². The van der Waals surface area contributed by atoms with Gasteiger partial charge in [-0.1, -0.05) is 26.0 Å². The third-order valence-corrected chi connectivity index (χ3v) is 3.58. The van der Waals surface area contributed by atoms with Crippen molar-refractivity contribution in [2.45, 2.75) is 32.7 Å². The van der Waals surface area contributed by atoms with Crippen LogP contribution in [0.15, 0.2) is 18.2 Å². The van der Waals surface area contributed by atoms with Gasteiger partial charge >= 0.3 is 0 Å². The molecule has 0 spiro atoms. The second-order valence-electron chi connectivity index (χ2n) is 5.47. The summed E-state index contributed by atoms with van der Waals surface area (Å²) in [5, 5.41) is 6.00. The van der Waals surface area contributed by atoms with Crippen LogP contribution in [0.25, 0.3) is 0 Å². The number of amides is 2. The predicted octanol–water partition coefficient (Wildman–Crippen LogP) is 1.28. The molecule has 1 heterocycles. The van der Waals surface area contributed by atoms with Crippen LogP contribution in [0.5, 0.6) is 0 Å². The molecule has 1 atom stereocenters. The van der Waals surface area contributed by atoms with Gasteiger partial charge in [0.2, 0.25) is 5.91 Å². The number of aryl methyl sites for hydroxylation is 1. The molecule has 4 N–H and O–H groups in total. The van der Waals surface area contributed by atoms with E-state index in [1.54, 1.807) is 6.07 Å². The zero-order chi connectivity index (χ0) is 14.7. The van der Waals surface area contributed by atoms with E-state index in [0.29, 0.717) is 5.56 Å². The number of hydrogen-bond donors (Lipinski definition) is 3. The molecule has 2 rings (SSSR count). The van der Waals surface area contributed by atoms with Crippen LogP contribution >= 0.6 is 0 Å². The van der Waals surface area contributed by atoms with Gasteiger partial charge in [0.25, 0.3) is 5.91 Å². The third-order valence-electron chi connectivity index (χ3n) is 3.58. The summed E-state index contributed by atoms with van der Waals surface area (Å²) in [6, 6.07) is 5.01. The molecule has 1 aromatic rings. The van der Waals surface area contributed by atoms with Gasteiger partial charge in [-0.25, -0.2) is 0 Å². The summed E-state index contributed by atoms with van der Waals surface area (Å²) in [5.74, 6) is -0.802. The number of anilines is 1. The lowest BCUT2D eigenvalue weighted by molar-refractivity contribution is -0.120. The monoisotopic (exact) mass is 275 g/mol. The van der Waals surface area contributed by atoms with Gasteiger partial charge in [0, 0.05) is 6.54 Å². The summed E-state index contributed by atoms with van der Waals surface area (Å²) in [6.07, 6.45) is 2.03. The first kappa shape index (κ1) is 14.4. The van der Waals surface area contributed by atoms with E-state index >= 15 is 0 Å². The van der Waals surface area contributed by atoms with Crippen LogP contribution in [0.1, 0.15) is 36.2 Å². The molecule has 2 amide bonds. The highest BCUT2D eigenvalue weighted by Gasteiger charge is 2.24. The van der Waals surface area contributed by atoms with Gasteiger partial charge in [-0.05, 0) is 30.4 Å². The lowest BCUT2D eigenvalue weighted by atomic mass is 9.98. The zero-order valence-corrected chi connectivity index (χ0v) is 11.9. The quantitative estimate of drug-likeness (QED) is 0.774.